The first kappa shape index (κ1) is 20.3. The number of alkyl halides is 3. The van der Waals surface area contributed by atoms with Gasteiger partial charge in [0.1, 0.15) is 5.60 Å². The number of hydrogen-bond donors (Lipinski definition) is 1. The summed E-state index contributed by atoms with van der Waals surface area (Å²) in [4.78, 5) is 25.4. The average molecular weight is 396 g/mol. The number of fused-ring (bicyclic) bond motifs is 2. The maximum absolute atomic E-state index is 13.2. The molecule has 0 radical (unpaired) electrons. The number of ether oxygens (including phenoxy) is 1. The molecular weight excluding hydrogens is 377 g/mol. The molecule has 0 aliphatic carbocycles. The SMILES string of the molecule is C[C@H]1[C@@H](C(=O)N(C=O)c2ccc(C#N)c(C(F)(F)F)c2)C2(C)OC1(C)C[C@@H]2O. The molecule has 2 fully saturated rings. The van der Waals surface area contributed by atoms with Crippen molar-refractivity contribution in [2.24, 2.45) is 11.8 Å². The van der Waals surface area contributed by atoms with Gasteiger partial charge in [0.25, 0.3) is 0 Å². The maximum Gasteiger partial charge on any atom is 0.417 e. The first-order chi connectivity index (χ1) is 12.9. The minimum Gasteiger partial charge on any atom is -0.390 e. The molecule has 6 nitrogen and oxygen atoms in total. The Morgan fingerprint density at radius 2 is 2.07 bits per heavy atom. The summed E-state index contributed by atoms with van der Waals surface area (Å²) in [5.74, 6) is -2.04. The number of rotatable bonds is 3. The fourth-order valence-corrected chi connectivity index (χ4v) is 4.46. The molecule has 2 heterocycles. The zero-order valence-electron chi connectivity index (χ0n) is 15.4. The second-order valence-corrected chi connectivity index (χ2v) is 7.74. The predicted octanol–water partition coefficient (Wildman–Crippen LogP) is 2.63. The summed E-state index contributed by atoms with van der Waals surface area (Å²) < 4.78 is 45.6. The molecule has 5 atom stereocenters. The quantitative estimate of drug-likeness (QED) is 0.794. The van der Waals surface area contributed by atoms with Crippen molar-refractivity contribution in [2.45, 2.75) is 50.7 Å². The summed E-state index contributed by atoms with van der Waals surface area (Å²) >= 11 is 0. The number of amides is 2. The van der Waals surface area contributed by atoms with Crippen LogP contribution in [0.4, 0.5) is 18.9 Å². The second kappa shape index (κ2) is 6.29. The summed E-state index contributed by atoms with van der Waals surface area (Å²) in [6, 6.07) is 4.08. The Morgan fingerprint density at radius 3 is 2.57 bits per heavy atom. The maximum atomic E-state index is 13.2. The van der Waals surface area contributed by atoms with Crippen LogP contribution in [0.25, 0.3) is 0 Å². The van der Waals surface area contributed by atoms with Gasteiger partial charge < -0.3 is 9.84 Å². The molecular formula is C19H19F3N2O4. The molecule has 0 saturated carbocycles. The number of nitrogens with zero attached hydrogens (tertiary/aromatic N) is 2. The molecule has 1 aromatic carbocycles. The highest BCUT2D eigenvalue weighted by Crippen LogP contribution is 2.57. The van der Waals surface area contributed by atoms with Gasteiger partial charge in [-0.15, -0.1) is 0 Å². The first-order valence-electron chi connectivity index (χ1n) is 8.67. The highest BCUT2D eigenvalue weighted by molar-refractivity contribution is 6.08. The summed E-state index contributed by atoms with van der Waals surface area (Å²) in [5, 5.41) is 19.3. The van der Waals surface area contributed by atoms with Crippen LogP contribution >= 0.6 is 0 Å². The van der Waals surface area contributed by atoms with E-state index in [1.54, 1.807) is 20.8 Å². The zero-order valence-corrected chi connectivity index (χ0v) is 15.4. The number of halogens is 3. The Kier molecular flexibility index (Phi) is 4.56. The number of benzene rings is 1. The monoisotopic (exact) mass is 396 g/mol. The lowest BCUT2D eigenvalue weighted by molar-refractivity contribution is -0.138. The topological polar surface area (TPSA) is 90.6 Å². The zero-order chi connectivity index (χ0) is 21.1. The van der Waals surface area contributed by atoms with Gasteiger partial charge in [-0.05, 0) is 38.0 Å². The highest BCUT2D eigenvalue weighted by Gasteiger charge is 2.68. The minimum absolute atomic E-state index is 0.140. The molecule has 2 unspecified atom stereocenters. The number of carbonyl (C=O) groups is 2. The van der Waals surface area contributed by atoms with E-state index in [9.17, 15) is 27.9 Å². The predicted molar refractivity (Wildman–Crippen MR) is 90.9 cm³/mol. The molecule has 2 saturated heterocycles. The van der Waals surface area contributed by atoms with Crippen molar-refractivity contribution < 1.29 is 32.6 Å². The number of carbonyl (C=O) groups excluding carboxylic acids is 2. The van der Waals surface area contributed by atoms with E-state index < -0.39 is 46.4 Å². The first-order valence-corrected chi connectivity index (χ1v) is 8.67. The lowest BCUT2D eigenvalue weighted by Crippen LogP contribution is -2.54. The molecule has 1 aromatic rings. The van der Waals surface area contributed by atoms with Crippen LogP contribution in [-0.4, -0.2) is 34.7 Å². The number of hydrogen-bond acceptors (Lipinski definition) is 5. The van der Waals surface area contributed by atoms with Gasteiger partial charge in [0.2, 0.25) is 12.3 Å². The molecule has 2 amide bonds. The van der Waals surface area contributed by atoms with Crippen molar-refractivity contribution in [2.75, 3.05) is 4.90 Å². The van der Waals surface area contributed by atoms with Crippen LogP contribution < -0.4 is 4.90 Å². The third-order valence-corrected chi connectivity index (χ3v) is 6.11. The number of anilines is 1. The molecule has 3 rings (SSSR count). The molecule has 2 aliphatic heterocycles. The van der Waals surface area contributed by atoms with Gasteiger partial charge >= 0.3 is 6.18 Å². The second-order valence-electron chi connectivity index (χ2n) is 7.74. The van der Waals surface area contributed by atoms with E-state index in [1.807, 2.05) is 0 Å². The third-order valence-electron chi connectivity index (χ3n) is 6.11. The smallest absolute Gasteiger partial charge is 0.390 e. The Labute approximate surface area is 159 Å². The molecule has 0 aromatic heterocycles. The summed E-state index contributed by atoms with van der Waals surface area (Å²) in [5.41, 5.74) is -4.16. The fraction of sp³-hybridized carbons (Fsp3) is 0.526. The van der Waals surface area contributed by atoms with Gasteiger partial charge in [0, 0.05) is 6.42 Å². The van der Waals surface area contributed by atoms with Crippen LogP contribution in [0.2, 0.25) is 0 Å². The van der Waals surface area contributed by atoms with E-state index in [0.29, 0.717) is 17.4 Å². The molecule has 9 heteroatoms. The van der Waals surface area contributed by atoms with Gasteiger partial charge in [0.05, 0.1) is 40.5 Å². The Bertz CT molecular complexity index is 881. The van der Waals surface area contributed by atoms with Crippen molar-refractivity contribution >= 4 is 18.0 Å². The number of aliphatic hydroxyl groups is 1. The molecule has 2 aliphatic rings. The van der Waals surface area contributed by atoms with Crippen molar-refractivity contribution in [3.8, 4) is 6.07 Å². The lowest BCUT2D eigenvalue weighted by atomic mass is 9.66. The van der Waals surface area contributed by atoms with Crippen LogP contribution in [0, 0.1) is 23.2 Å². The molecule has 150 valence electrons. The van der Waals surface area contributed by atoms with Crippen LogP contribution in [0.15, 0.2) is 18.2 Å². The van der Waals surface area contributed by atoms with E-state index in [4.69, 9.17) is 10.00 Å². The van der Waals surface area contributed by atoms with E-state index in [2.05, 4.69) is 0 Å². The van der Waals surface area contributed by atoms with Gasteiger partial charge in [0.15, 0.2) is 0 Å². The van der Waals surface area contributed by atoms with Crippen LogP contribution in [0.1, 0.15) is 38.3 Å². The van der Waals surface area contributed by atoms with E-state index in [0.717, 1.165) is 12.1 Å². The summed E-state index contributed by atoms with van der Waals surface area (Å²) in [6.07, 6.45) is -5.30. The van der Waals surface area contributed by atoms with Crippen LogP contribution in [0.5, 0.6) is 0 Å². The molecule has 28 heavy (non-hydrogen) atoms. The standard InChI is InChI=1S/C19H19F3N2O4/c1-10-15(18(3)14(26)7-17(10,2)28-18)16(27)24(9-25)12-5-4-11(8-23)13(6-12)19(20,21)22/h4-6,9-10,14-15,26H,7H2,1-3H3/t10-,14-,15-,17?,18?/m0/s1. The molecule has 0 spiro atoms. The third kappa shape index (κ3) is 2.79. The van der Waals surface area contributed by atoms with E-state index in [1.165, 1.54) is 6.07 Å². The van der Waals surface area contributed by atoms with Crippen molar-refractivity contribution in [1.29, 1.82) is 5.26 Å². The summed E-state index contributed by atoms with van der Waals surface area (Å²) in [7, 11) is 0. The van der Waals surface area contributed by atoms with Crippen LogP contribution in [-0.2, 0) is 20.5 Å². The fourth-order valence-electron chi connectivity index (χ4n) is 4.46. The van der Waals surface area contributed by atoms with Crippen molar-refractivity contribution in [3.63, 3.8) is 0 Å². The van der Waals surface area contributed by atoms with Gasteiger partial charge in [-0.25, -0.2) is 0 Å². The number of nitriles is 1. The van der Waals surface area contributed by atoms with Gasteiger partial charge in [-0.1, -0.05) is 6.92 Å². The summed E-state index contributed by atoms with van der Waals surface area (Å²) in [6.45, 7) is 5.08. The van der Waals surface area contributed by atoms with Gasteiger partial charge in [-0.2, -0.15) is 18.4 Å². The Balaban J connectivity index is 2.02. The van der Waals surface area contributed by atoms with Crippen LogP contribution in [0.3, 0.4) is 0 Å². The van der Waals surface area contributed by atoms with E-state index in [-0.39, 0.29) is 18.0 Å². The molecule has 2 bridgehead atoms. The van der Waals surface area contributed by atoms with Gasteiger partial charge in [-0.3, -0.25) is 14.5 Å². The molecule has 1 N–H and O–H groups in total. The Morgan fingerprint density at radius 1 is 1.43 bits per heavy atom. The van der Waals surface area contributed by atoms with Crippen molar-refractivity contribution in [1.82, 2.24) is 0 Å². The average Bonchev–Trinajstić information content (AvgIpc) is 2.96. The minimum atomic E-state index is -4.82. The van der Waals surface area contributed by atoms with Crippen molar-refractivity contribution in [3.05, 3.63) is 29.3 Å². The highest BCUT2D eigenvalue weighted by atomic mass is 19.4. The largest absolute Gasteiger partial charge is 0.417 e. The number of aliphatic hydroxyl groups excluding tert-OH is 1. The number of imide groups is 1. The normalized spacial score (nSPS) is 34.1. The Hall–Kier alpha value is -2.44. The van der Waals surface area contributed by atoms with E-state index >= 15 is 0 Å². The lowest BCUT2D eigenvalue weighted by Gasteiger charge is -2.38.